The molecule has 0 bridgehead atoms. The Balaban J connectivity index is 2.20. The predicted molar refractivity (Wildman–Crippen MR) is 71.3 cm³/mol. The van der Waals surface area contributed by atoms with E-state index < -0.39 is 0 Å². The van der Waals surface area contributed by atoms with Crippen LogP contribution in [0.15, 0.2) is 6.20 Å². The standard InChI is InChI=1S/C13H24N4O/c1-10-11(8-16(4)15-10)12(7-14)17-5-6-18-13(2,3)9-17/h8,12H,5-7,9,14H2,1-4H3. The number of rotatable bonds is 3. The highest BCUT2D eigenvalue weighted by Crippen LogP contribution is 2.27. The van der Waals surface area contributed by atoms with E-state index in [1.165, 1.54) is 5.56 Å². The van der Waals surface area contributed by atoms with Crippen LogP contribution in [0.5, 0.6) is 0 Å². The van der Waals surface area contributed by atoms with Crippen LogP contribution in [0.1, 0.15) is 31.1 Å². The Hall–Kier alpha value is -0.910. The van der Waals surface area contributed by atoms with E-state index in [1.54, 1.807) is 0 Å². The van der Waals surface area contributed by atoms with Crippen molar-refractivity contribution in [1.29, 1.82) is 0 Å². The second kappa shape index (κ2) is 4.99. The molecule has 5 nitrogen and oxygen atoms in total. The largest absolute Gasteiger partial charge is 0.373 e. The van der Waals surface area contributed by atoms with Gasteiger partial charge >= 0.3 is 0 Å². The molecule has 102 valence electrons. The lowest BCUT2D eigenvalue weighted by atomic mass is 10.0. The second-order valence-corrected chi connectivity index (χ2v) is 5.67. The van der Waals surface area contributed by atoms with E-state index in [9.17, 15) is 0 Å². The van der Waals surface area contributed by atoms with Crippen LogP contribution in [0.25, 0.3) is 0 Å². The lowest BCUT2D eigenvalue weighted by Crippen LogP contribution is -2.50. The number of nitrogens with zero attached hydrogens (tertiary/aromatic N) is 3. The van der Waals surface area contributed by atoms with E-state index >= 15 is 0 Å². The lowest BCUT2D eigenvalue weighted by Gasteiger charge is -2.41. The first kappa shape index (κ1) is 13.5. The van der Waals surface area contributed by atoms with Gasteiger partial charge in [0.2, 0.25) is 0 Å². The summed E-state index contributed by atoms with van der Waals surface area (Å²) < 4.78 is 7.62. The Bertz CT molecular complexity index is 413. The van der Waals surface area contributed by atoms with Gasteiger partial charge < -0.3 is 10.5 Å². The fourth-order valence-corrected chi connectivity index (χ4v) is 2.74. The predicted octanol–water partition coefficient (Wildman–Crippen LogP) is 0.839. The molecule has 1 fully saturated rings. The summed E-state index contributed by atoms with van der Waals surface area (Å²) in [6.07, 6.45) is 2.08. The Morgan fingerprint density at radius 1 is 1.56 bits per heavy atom. The molecule has 1 aromatic rings. The molecule has 2 heterocycles. The molecule has 1 aromatic heterocycles. The summed E-state index contributed by atoms with van der Waals surface area (Å²) in [5.74, 6) is 0. The zero-order chi connectivity index (χ0) is 13.3. The molecule has 1 unspecified atom stereocenters. The van der Waals surface area contributed by atoms with E-state index in [-0.39, 0.29) is 11.6 Å². The number of hydrogen-bond donors (Lipinski definition) is 1. The highest BCUT2D eigenvalue weighted by atomic mass is 16.5. The topological polar surface area (TPSA) is 56.3 Å². The molecule has 0 radical (unpaired) electrons. The molecule has 2 rings (SSSR count). The molecule has 2 N–H and O–H groups in total. The molecule has 0 saturated carbocycles. The van der Waals surface area contributed by atoms with E-state index in [0.717, 1.165) is 25.4 Å². The van der Waals surface area contributed by atoms with Crippen LogP contribution in [0.2, 0.25) is 0 Å². The number of nitrogens with two attached hydrogens (primary N) is 1. The van der Waals surface area contributed by atoms with Crippen LogP contribution in [0, 0.1) is 6.92 Å². The van der Waals surface area contributed by atoms with Crippen molar-refractivity contribution < 1.29 is 4.74 Å². The van der Waals surface area contributed by atoms with Crippen molar-refractivity contribution in [2.24, 2.45) is 12.8 Å². The van der Waals surface area contributed by atoms with Gasteiger partial charge in [0.1, 0.15) is 0 Å². The molecule has 1 aliphatic rings. The minimum absolute atomic E-state index is 0.0955. The zero-order valence-electron chi connectivity index (χ0n) is 11.8. The lowest BCUT2D eigenvalue weighted by molar-refractivity contribution is -0.0968. The van der Waals surface area contributed by atoms with Gasteiger partial charge in [-0.2, -0.15) is 5.10 Å². The van der Waals surface area contributed by atoms with Crippen molar-refractivity contribution in [3.05, 3.63) is 17.5 Å². The smallest absolute Gasteiger partial charge is 0.0753 e. The first-order chi connectivity index (χ1) is 8.43. The molecule has 1 aliphatic heterocycles. The maximum absolute atomic E-state index is 5.98. The first-order valence-electron chi connectivity index (χ1n) is 6.51. The fourth-order valence-electron chi connectivity index (χ4n) is 2.74. The molecule has 0 spiro atoms. The number of aryl methyl sites for hydroxylation is 2. The van der Waals surface area contributed by atoms with Crippen LogP contribution in [-0.4, -0.2) is 46.5 Å². The summed E-state index contributed by atoms with van der Waals surface area (Å²) in [4.78, 5) is 2.41. The average molecular weight is 252 g/mol. The first-order valence-corrected chi connectivity index (χ1v) is 6.51. The van der Waals surface area contributed by atoms with Crippen molar-refractivity contribution in [2.75, 3.05) is 26.2 Å². The van der Waals surface area contributed by atoms with Gasteiger partial charge in [-0.05, 0) is 20.8 Å². The van der Waals surface area contributed by atoms with Crippen LogP contribution in [-0.2, 0) is 11.8 Å². The minimum atomic E-state index is -0.0955. The normalized spacial score (nSPS) is 22.1. The van der Waals surface area contributed by atoms with Gasteiger partial charge in [0.25, 0.3) is 0 Å². The summed E-state index contributed by atoms with van der Waals surface area (Å²) >= 11 is 0. The van der Waals surface area contributed by atoms with Gasteiger partial charge in [0, 0.05) is 38.4 Å². The van der Waals surface area contributed by atoms with Crippen molar-refractivity contribution in [3.8, 4) is 0 Å². The van der Waals surface area contributed by atoms with Crippen molar-refractivity contribution in [1.82, 2.24) is 14.7 Å². The SMILES string of the molecule is Cc1nn(C)cc1C(CN)N1CCOC(C)(C)C1. The average Bonchev–Trinajstić information content (AvgIpc) is 2.58. The van der Waals surface area contributed by atoms with E-state index in [1.807, 2.05) is 18.7 Å². The van der Waals surface area contributed by atoms with E-state index in [4.69, 9.17) is 10.5 Å². The van der Waals surface area contributed by atoms with Gasteiger partial charge in [-0.1, -0.05) is 0 Å². The fraction of sp³-hybridized carbons (Fsp3) is 0.769. The Kier molecular flexibility index (Phi) is 3.75. The van der Waals surface area contributed by atoms with Crippen molar-refractivity contribution in [2.45, 2.75) is 32.4 Å². The maximum Gasteiger partial charge on any atom is 0.0753 e. The van der Waals surface area contributed by atoms with E-state index in [2.05, 4.69) is 30.0 Å². The number of aromatic nitrogens is 2. The third-order valence-corrected chi connectivity index (χ3v) is 3.53. The van der Waals surface area contributed by atoms with Gasteiger partial charge in [-0.3, -0.25) is 9.58 Å². The van der Waals surface area contributed by atoms with Crippen LogP contribution < -0.4 is 5.73 Å². The van der Waals surface area contributed by atoms with Crippen molar-refractivity contribution >= 4 is 0 Å². The maximum atomic E-state index is 5.98. The summed E-state index contributed by atoms with van der Waals surface area (Å²) in [7, 11) is 1.95. The molecule has 18 heavy (non-hydrogen) atoms. The Morgan fingerprint density at radius 3 is 2.78 bits per heavy atom. The second-order valence-electron chi connectivity index (χ2n) is 5.67. The quantitative estimate of drug-likeness (QED) is 0.866. The molecular weight excluding hydrogens is 228 g/mol. The molecule has 5 heteroatoms. The highest BCUT2D eigenvalue weighted by Gasteiger charge is 2.32. The van der Waals surface area contributed by atoms with Crippen molar-refractivity contribution in [3.63, 3.8) is 0 Å². The number of hydrogen-bond acceptors (Lipinski definition) is 4. The molecule has 0 amide bonds. The molecule has 1 atom stereocenters. The molecule has 1 saturated heterocycles. The van der Waals surface area contributed by atoms with Crippen LogP contribution in [0.3, 0.4) is 0 Å². The minimum Gasteiger partial charge on any atom is -0.373 e. The van der Waals surface area contributed by atoms with Crippen LogP contribution >= 0.6 is 0 Å². The third kappa shape index (κ3) is 2.74. The highest BCUT2D eigenvalue weighted by molar-refractivity contribution is 5.21. The monoisotopic (exact) mass is 252 g/mol. The van der Waals surface area contributed by atoms with E-state index in [0.29, 0.717) is 6.54 Å². The Morgan fingerprint density at radius 2 is 2.28 bits per heavy atom. The third-order valence-electron chi connectivity index (χ3n) is 3.53. The molecular formula is C13H24N4O. The summed E-state index contributed by atoms with van der Waals surface area (Å²) in [6.45, 7) is 9.52. The zero-order valence-corrected chi connectivity index (χ0v) is 11.8. The van der Waals surface area contributed by atoms with Gasteiger partial charge in [0.05, 0.1) is 23.9 Å². The number of ether oxygens (including phenoxy) is 1. The summed E-state index contributed by atoms with van der Waals surface area (Å²) in [6, 6.07) is 0.238. The van der Waals surface area contributed by atoms with Crippen LogP contribution in [0.4, 0.5) is 0 Å². The number of morpholine rings is 1. The Labute approximate surface area is 109 Å². The molecule has 0 aliphatic carbocycles. The van der Waals surface area contributed by atoms with Gasteiger partial charge in [0.15, 0.2) is 0 Å². The summed E-state index contributed by atoms with van der Waals surface area (Å²) in [5.41, 5.74) is 8.19. The van der Waals surface area contributed by atoms with Gasteiger partial charge in [-0.25, -0.2) is 0 Å². The summed E-state index contributed by atoms with van der Waals surface area (Å²) in [5, 5.41) is 4.41. The molecule has 0 aromatic carbocycles. The van der Waals surface area contributed by atoms with Gasteiger partial charge in [-0.15, -0.1) is 0 Å².